The Kier molecular flexibility index (Phi) is 5.49. The number of aryl methyl sites for hydroxylation is 1. The van der Waals surface area contributed by atoms with E-state index < -0.39 is 0 Å². The molecular formula is C20H19ClN4O. The van der Waals surface area contributed by atoms with Gasteiger partial charge in [0.05, 0.1) is 0 Å². The van der Waals surface area contributed by atoms with Crippen LogP contribution in [0.25, 0.3) is 0 Å². The highest BCUT2D eigenvalue weighted by Gasteiger charge is 2.11. The molecule has 0 spiro atoms. The summed E-state index contributed by atoms with van der Waals surface area (Å²) in [5.41, 5.74) is 2.95. The van der Waals surface area contributed by atoms with Gasteiger partial charge in [-0.05, 0) is 49.2 Å². The van der Waals surface area contributed by atoms with Crippen molar-refractivity contribution >= 4 is 29.0 Å². The number of aromatic nitrogens is 2. The lowest BCUT2D eigenvalue weighted by molar-refractivity contribution is 0.102. The Morgan fingerprint density at radius 2 is 1.81 bits per heavy atom. The van der Waals surface area contributed by atoms with E-state index in [1.807, 2.05) is 50.2 Å². The van der Waals surface area contributed by atoms with Crippen molar-refractivity contribution in [3.8, 4) is 0 Å². The van der Waals surface area contributed by atoms with E-state index in [2.05, 4.69) is 20.8 Å². The first-order valence-corrected chi connectivity index (χ1v) is 8.63. The molecule has 0 saturated heterocycles. The molecule has 132 valence electrons. The molecule has 1 atom stereocenters. The number of nitrogens with zero attached hydrogens (tertiary/aromatic N) is 2. The summed E-state index contributed by atoms with van der Waals surface area (Å²) in [6.07, 6.45) is 0. The summed E-state index contributed by atoms with van der Waals surface area (Å²) < 4.78 is 0. The van der Waals surface area contributed by atoms with Crippen LogP contribution >= 0.6 is 11.6 Å². The fraction of sp³-hybridized carbons (Fsp3) is 0.150. The van der Waals surface area contributed by atoms with Crippen LogP contribution in [0, 0.1) is 6.92 Å². The third-order valence-electron chi connectivity index (χ3n) is 3.99. The fourth-order valence-corrected chi connectivity index (χ4v) is 2.62. The van der Waals surface area contributed by atoms with Crippen LogP contribution in [0.4, 0.5) is 11.5 Å². The normalized spacial score (nSPS) is 11.7. The number of carbonyl (C=O) groups excluding carboxylic acids is 1. The lowest BCUT2D eigenvalue weighted by Crippen LogP contribution is -2.15. The predicted molar refractivity (Wildman–Crippen MR) is 105 cm³/mol. The molecule has 0 radical (unpaired) electrons. The molecule has 1 unspecified atom stereocenters. The highest BCUT2D eigenvalue weighted by atomic mass is 35.5. The number of amides is 1. The van der Waals surface area contributed by atoms with Crippen molar-refractivity contribution < 1.29 is 4.79 Å². The maximum absolute atomic E-state index is 12.3. The summed E-state index contributed by atoms with van der Waals surface area (Å²) >= 11 is 6.08. The van der Waals surface area contributed by atoms with E-state index in [0.717, 1.165) is 11.1 Å². The predicted octanol–water partition coefficient (Wildman–Crippen LogP) is 4.86. The van der Waals surface area contributed by atoms with E-state index in [-0.39, 0.29) is 17.6 Å². The zero-order chi connectivity index (χ0) is 18.5. The van der Waals surface area contributed by atoms with Crippen LogP contribution in [0.3, 0.4) is 0 Å². The van der Waals surface area contributed by atoms with Crippen LogP contribution in [0.5, 0.6) is 0 Å². The van der Waals surface area contributed by atoms with Gasteiger partial charge in [-0.3, -0.25) is 4.79 Å². The van der Waals surface area contributed by atoms with Crippen LogP contribution in [0.1, 0.15) is 34.6 Å². The van der Waals surface area contributed by atoms with Crippen LogP contribution in [0.15, 0.2) is 60.7 Å². The quantitative estimate of drug-likeness (QED) is 0.676. The monoisotopic (exact) mass is 366 g/mol. The molecule has 0 bridgehead atoms. The van der Waals surface area contributed by atoms with Crippen molar-refractivity contribution in [1.29, 1.82) is 0 Å². The fourth-order valence-electron chi connectivity index (χ4n) is 2.44. The topological polar surface area (TPSA) is 66.9 Å². The van der Waals surface area contributed by atoms with Gasteiger partial charge in [0.1, 0.15) is 5.82 Å². The van der Waals surface area contributed by atoms with Crippen LogP contribution in [-0.2, 0) is 0 Å². The standard InChI is InChI=1S/C20H19ClN4O/c1-13-8-9-16(12-17(13)21)23-20(26)18-10-11-19(25-24-18)22-14(2)15-6-4-3-5-7-15/h3-12,14H,1-2H3,(H,22,25)(H,23,26). The molecule has 26 heavy (non-hydrogen) atoms. The Bertz CT molecular complexity index is 897. The zero-order valence-electron chi connectivity index (χ0n) is 14.5. The van der Waals surface area contributed by atoms with E-state index in [1.165, 1.54) is 0 Å². The average Bonchev–Trinajstić information content (AvgIpc) is 2.66. The molecule has 3 aromatic rings. The minimum Gasteiger partial charge on any atom is -0.362 e. The van der Waals surface area contributed by atoms with Crippen LogP contribution in [-0.4, -0.2) is 16.1 Å². The number of carbonyl (C=O) groups is 1. The van der Waals surface area contributed by atoms with Crippen molar-refractivity contribution in [2.45, 2.75) is 19.9 Å². The lowest BCUT2D eigenvalue weighted by Gasteiger charge is -2.14. The number of benzene rings is 2. The minimum atomic E-state index is -0.333. The molecule has 0 aliphatic rings. The first-order chi connectivity index (χ1) is 12.5. The number of hydrogen-bond acceptors (Lipinski definition) is 4. The summed E-state index contributed by atoms with van der Waals surface area (Å²) in [5.74, 6) is 0.274. The second kappa shape index (κ2) is 7.97. The molecule has 0 aliphatic carbocycles. The molecule has 1 amide bonds. The molecule has 0 aliphatic heterocycles. The second-order valence-corrected chi connectivity index (χ2v) is 6.41. The number of anilines is 2. The first-order valence-electron chi connectivity index (χ1n) is 8.25. The molecule has 3 rings (SSSR count). The molecule has 1 heterocycles. The molecule has 2 N–H and O–H groups in total. The largest absolute Gasteiger partial charge is 0.362 e. The number of halogens is 1. The summed E-state index contributed by atoms with van der Waals surface area (Å²) in [6, 6.07) is 18.9. The summed E-state index contributed by atoms with van der Waals surface area (Å²) in [5, 5.41) is 14.7. The van der Waals surface area contributed by atoms with E-state index in [1.54, 1.807) is 24.3 Å². The second-order valence-electron chi connectivity index (χ2n) is 6.00. The third kappa shape index (κ3) is 4.37. The van der Waals surface area contributed by atoms with E-state index >= 15 is 0 Å². The molecule has 0 fully saturated rings. The molecule has 5 nitrogen and oxygen atoms in total. The van der Waals surface area contributed by atoms with Crippen molar-refractivity contribution in [1.82, 2.24) is 10.2 Å². The van der Waals surface area contributed by atoms with Gasteiger partial charge in [-0.2, -0.15) is 0 Å². The van der Waals surface area contributed by atoms with Gasteiger partial charge in [0.15, 0.2) is 5.69 Å². The van der Waals surface area contributed by atoms with E-state index in [0.29, 0.717) is 16.5 Å². The lowest BCUT2D eigenvalue weighted by atomic mass is 10.1. The number of nitrogens with one attached hydrogen (secondary N) is 2. The van der Waals surface area contributed by atoms with Gasteiger partial charge >= 0.3 is 0 Å². The van der Waals surface area contributed by atoms with E-state index in [4.69, 9.17) is 11.6 Å². The zero-order valence-corrected chi connectivity index (χ0v) is 15.3. The van der Waals surface area contributed by atoms with Gasteiger partial charge in [-0.25, -0.2) is 0 Å². The van der Waals surface area contributed by atoms with Gasteiger partial charge in [-0.15, -0.1) is 10.2 Å². The first kappa shape index (κ1) is 17.9. The van der Waals surface area contributed by atoms with Crippen molar-refractivity contribution in [2.75, 3.05) is 10.6 Å². The maximum Gasteiger partial charge on any atom is 0.276 e. The highest BCUT2D eigenvalue weighted by molar-refractivity contribution is 6.31. The SMILES string of the molecule is Cc1ccc(NC(=O)c2ccc(NC(C)c3ccccc3)nn2)cc1Cl. The highest BCUT2D eigenvalue weighted by Crippen LogP contribution is 2.21. The Morgan fingerprint density at radius 3 is 2.46 bits per heavy atom. The van der Waals surface area contributed by atoms with Gasteiger partial charge in [-0.1, -0.05) is 48.0 Å². The molecule has 0 saturated carbocycles. The van der Waals surface area contributed by atoms with Crippen LogP contribution in [0.2, 0.25) is 5.02 Å². The van der Waals surface area contributed by atoms with Crippen molar-refractivity contribution in [3.63, 3.8) is 0 Å². The summed E-state index contributed by atoms with van der Waals surface area (Å²) in [4.78, 5) is 12.3. The summed E-state index contributed by atoms with van der Waals surface area (Å²) in [6.45, 7) is 3.94. The smallest absolute Gasteiger partial charge is 0.276 e. The Hall–Kier alpha value is -2.92. The van der Waals surface area contributed by atoms with Crippen LogP contribution < -0.4 is 10.6 Å². The van der Waals surface area contributed by atoms with Gasteiger partial charge in [0.25, 0.3) is 5.91 Å². The molecule has 6 heteroatoms. The molecular weight excluding hydrogens is 348 g/mol. The molecule has 2 aromatic carbocycles. The minimum absolute atomic E-state index is 0.0832. The van der Waals surface area contributed by atoms with Gasteiger partial charge in [0.2, 0.25) is 0 Å². The van der Waals surface area contributed by atoms with Crippen molar-refractivity contribution in [3.05, 3.63) is 82.5 Å². The number of rotatable bonds is 5. The van der Waals surface area contributed by atoms with Gasteiger partial charge in [0, 0.05) is 16.8 Å². The Labute approximate surface area is 157 Å². The Balaban J connectivity index is 1.65. The number of hydrogen-bond donors (Lipinski definition) is 2. The molecule has 1 aromatic heterocycles. The Morgan fingerprint density at radius 1 is 1.04 bits per heavy atom. The van der Waals surface area contributed by atoms with Crippen molar-refractivity contribution in [2.24, 2.45) is 0 Å². The maximum atomic E-state index is 12.3. The van der Waals surface area contributed by atoms with E-state index in [9.17, 15) is 4.79 Å². The average molecular weight is 367 g/mol. The third-order valence-corrected chi connectivity index (χ3v) is 4.40. The summed E-state index contributed by atoms with van der Waals surface area (Å²) in [7, 11) is 0. The van der Waals surface area contributed by atoms with Gasteiger partial charge < -0.3 is 10.6 Å².